The summed E-state index contributed by atoms with van der Waals surface area (Å²) in [6, 6.07) is 4.12. The first-order chi connectivity index (χ1) is 8.00. The molecule has 0 radical (unpaired) electrons. The Morgan fingerprint density at radius 2 is 2.29 bits per heavy atom. The van der Waals surface area contributed by atoms with Crippen molar-refractivity contribution in [2.75, 3.05) is 5.75 Å². The lowest BCUT2D eigenvalue weighted by Gasteiger charge is -1.97. The van der Waals surface area contributed by atoms with E-state index in [-0.39, 0.29) is 16.6 Å². The van der Waals surface area contributed by atoms with Crippen LogP contribution in [-0.2, 0) is 4.79 Å². The van der Waals surface area contributed by atoms with Crippen LogP contribution in [0.1, 0.15) is 12.5 Å². The fourth-order valence-electron chi connectivity index (χ4n) is 1.14. The Morgan fingerprint density at radius 1 is 1.59 bits per heavy atom. The van der Waals surface area contributed by atoms with E-state index in [1.807, 2.05) is 0 Å². The van der Waals surface area contributed by atoms with Gasteiger partial charge >= 0.3 is 5.69 Å². The smallest absolute Gasteiger partial charge is 0.311 e. The van der Waals surface area contributed by atoms with Crippen molar-refractivity contribution in [3.63, 3.8) is 0 Å². The molecule has 0 aliphatic carbocycles. The normalized spacial score (nSPS) is 10.6. The number of phenols is 1. The van der Waals surface area contributed by atoms with Crippen LogP contribution in [0.25, 0.3) is 6.08 Å². The number of nitrogens with zero attached hydrogens (tertiary/aromatic N) is 1. The van der Waals surface area contributed by atoms with Crippen molar-refractivity contribution < 1.29 is 14.8 Å². The highest BCUT2D eigenvalue weighted by Crippen LogP contribution is 2.26. The number of carbonyl (C=O) groups excluding carboxylic acids is 1. The number of rotatable bonds is 4. The Hall–Kier alpha value is -1.82. The molecule has 1 rings (SSSR count). The summed E-state index contributed by atoms with van der Waals surface area (Å²) in [4.78, 5) is 20.6. The first-order valence-corrected chi connectivity index (χ1v) is 5.76. The summed E-state index contributed by atoms with van der Waals surface area (Å²) in [5.41, 5.74) is 0.282. The molecule has 0 fully saturated rings. The number of hydrogen-bond donors (Lipinski definition) is 1. The van der Waals surface area contributed by atoms with Gasteiger partial charge in [-0.25, -0.2) is 0 Å². The molecule has 0 aliphatic rings. The van der Waals surface area contributed by atoms with Gasteiger partial charge in [0.1, 0.15) is 0 Å². The van der Waals surface area contributed by atoms with Crippen molar-refractivity contribution in [2.45, 2.75) is 6.92 Å². The number of thioether (sulfide) groups is 1. The van der Waals surface area contributed by atoms with Crippen LogP contribution < -0.4 is 0 Å². The van der Waals surface area contributed by atoms with Gasteiger partial charge in [0.25, 0.3) is 0 Å². The molecule has 90 valence electrons. The average Bonchev–Trinajstić information content (AvgIpc) is 2.25. The maximum Gasteiger partial charge on any atom is 0.311 e. The predicted octanol–water partition coefficient (Wildman–Crippen LogP) is 2.59. The quantitative estimate of drug-likeness (QED) is 0.659. The largest absolute Gasteiger partial charge is 0.502 e. The van der Waals surface area contributed by atoms with Gasteiger partial charge in [0.2, 0.25) is 0 Å². The van der Waals surface area contributed by atoms with Crippen LogP contribution in [-0.4, -0.2) is 20.9 Å². The van der Waals surface area contributed by atoms with Crippen molar-refractivity contribution >= 4 is 28.6 Å². The Bertz CT molecular complexity index is 471. The molecule has 0 heterocycles. The average molecular weight is 253 g/mol. The third kappa shape index (κ3) is 4.28. The van der Waals surface area contributed by atoms with E-state index in [9.17, 15) is 20.0 Å². The molecule has 1 aromatic rings. The number of phenolic OH excluding ortho intramolecular Hbond substituents is 1. The molecule has 0 saturated heterocycles. The van der Waals surface area contributed by atoms with Crippen LogP contribution in [0.4, 0.5) is 5.69 Å². The number of nitro groups is 1. The maximum atomic E-state index is 10.6. The summed E-state index contributed by atoms with van der Waals surface area (Å²) in [6.45, 7) is 1.48. The van der Waals surface area contributed by atoms with Crippen molar-refractivity contribution in [1.29, 1.82) is 0 Å². The number of hydrogen-bond acceptors (Lipinski definition) is 5. The standard InChI is InChI=1S/C11H11NO4S/c1-8(13)17-6-2-3-9-4-5-11(14)10(7-9)12(15)16/h2-5,7,14H,6H2,1H3. The van der Waals surface area contributed by atoms with E-state index in [0.29, 0.717) is 11.3 Å². The SMILES string of the molecule is CC(=O)SCC=Cc1ccc(O)c([N+](=O)[O-])c1. The molecular weight excluding hydrogens is 242 g/mol. The maximum absolute atomic E-state index is 10.6. The van der Waals surface area contributed by atoms with Crippen molar-refractivity contribution in [2.24, 2.45) is 0 Å². The molecule has 0 unspecified atom stereocenters. The van der Waals surface area contributed by atoms with Crippen LogP contribution >= 0.6 is 11.8 Å². The summed E-state index contributed by atoms with van der Waals surface area (Å²) in [7, 11) is 0. The highest BCUT2D eigenvalue weighted by atomic mass is 32.2. The highest BCUT2D eigenvalue weighted by Gasteiger charge is 2.12. The monoisotopic (exact) mass is 253 g/mol. The van der Waals surface area contributed by atoms with Gasteiger partial charge in [-0.05, 0) is 11.6 Å². The van der Waals surface area contributed by atoms with Gasteiger partial charge in [0.05, 0.1) is 4.92 Å². The van der Waals surface area contributed by atoms with Gasteiger partial charge in [-0.2, -0.15) is 0 Å². The third-order valence-corrected chi connectivity index (χ3v) is 2.65. The van der Waals surface area contributed by atoms with E-state index in [1.165, 1.54) is 19.1 Å². The third-order valence-electron chi connectivity index (χ3n) is 1.89. The predicted molar refractivity (Wildman–Crippen MR) is 66.9 cm³/mol. The van der Waals surface area contributed by atoms with E-state index < -0.39 is 4.92 Å². The molecule has 1 aromatic carbocycles. The molecule has 0 aliphatic heterocycles. The molecule has 17 heavy (non-hydrogen) atoms. The van der Waals surface area contributed by atoms with E-state index in [4.69, 9.17) is 0 Å². The zero-order valence-electron chi connectivity index (χ0n) is 9.12. The Balaban J connectivity index is 2.75. The van der Waals surface area contributed by atoms with E-state index in [0.717, 1.165) is 11.8 Å². The lowest BCUT2D eigenvalue weighted by atomic mass is 10.2. The van der Waals surface area contributed by atoms with E-state index in [1.54, 1.807) is 18.2 Å². The zero-order chi connectivity index (χ0) is 12.8. The van der Waals surface area contributed by atoms with Crippen LogP contribution in [0.2, 0.25) is 0 Å². The number of nitro benzene ring substituents is 1. The molecule has 0 aromatic heterocycles. The molecule has 0 amide bonds. The second-order valence-electron chi connectivity index (χ2n) is 3.21. The summed E-state index contributed by atoms with van der Waals surface area (Å²) in [5.74, 6) is 0.162. The first-order valence-electron chi connectivity index (χ1n) is 4.78. The fourth-order valence-corrected chi connectivity index (χ4v) is 1.57. The van der Waals surface area contributed by atoms with E-state index >= 15 is 0 Å². The number of aromatic hydroxyl groups is 1. The van der Waals surface area contributed by atoms with Gasteiger partial charge in [-0.15, -0.1) is 0 Å². The van der Waals surface area contributed by atoms with Gasteiger partial charge in [-0.3, -0.25) is 14.9 Å². The van der Waals surface area contributed by atoms with Crippen LogP contribution in [0.3, 0.4) is 0 Å². The second-order valence-corrected chi connectivity index (χ2v) is 4.41. The Labute approximate surface area is 102 Å². The topological polar surface area (TPSA) is 80.4 Å². The molecule has 5 nitrogen and oxygen atoms in total. The zero-order valence-corrected chi connectivity index (χ0v) is 9.94. The van der Waals surface area contributed by atoms with Gasteiger partial charge in [-0.1, -0.05) is 30.0 Å². The number of benzene rings is 1. The molecule has 1 N–H and O–H groups in total. The van der Waals surface area contributed by atoms with Crippen LogP contribution in [0.15, 0.2) is 24.3 Å². The number of carbonyl (C=O) groups is 1. The summed E-state index contributed by atoms with van der Waals surface area (Å²) in [5, 5.41) is 19.8. The molecule has 0 bridgehead atoms. The first kappa shape index (κ1) is 13.2. The van der Waals surface area contributed by atoms with Gasteiger partial charge in [0.15, 0.2) is 10.9 Å². The molecular formula is C11H11NO4S. The second kappa shape index (κ2) is 6.05. The minimum atomic E-state index is -0.642. The van der Waals surface area contributed by atoms with Gasteiger partial charge in [0, 0.05) is 18.7 Å². The molecule has 0 spiro atoms. The molecule has 0 atom stereocenters. The lowest BCUT2D eigenvalue weighted by molar-refractivity contribution is -0.385. The van der Waals surface area contributed by atoms with Crippen LogP contribution in [0.5, 0.6) is 5.75 Å². The lowest BCUT2D eigenvalue weighted by Crippen LogP contribution is -1.89. The van der Waals surface area contributed by atoms with Crippen molar-refractivity contribution in [1.82, 2.24) is 0 Å². The molecule has 0 saturated carbocycles. The fraction of sp³-hybridized carbons (Fsp3) is 0.182. The highest BCUT2D eigenvalue weighted by molar-refractivity contribution is 8.13. The Kier molecular flexibility index (Phi) is 4.71. The van der Waals surface area contributed by atoms with Crippen molar-refractivity contribution in [3.05, 3.63) is 40.0 Å². The molecule has 6 heteroatoms. The minimum absolute atomic E-state index is 0.0198. The summed E-state index contributed by atoms with van der Waals surface area (Å²) < 4.78 is 0. The minimum Gasteiger partial charge on any atom is -0.502 e. The van der Waals surface area contributed by atoms with Crippen molar-refractivity contribution in [3.8, 4) is 5.75 Å². The summed E-state index contributed by atoms with van der Waals surface area (Å²) in [6.07, 6.45) is 3.41. The van der Waals surface area contributed by atoms with Gasteiger partial charge < -0.3 is 5.11 Å². The Morgan fingerprint density at radius 3 is 2.88 bits per heavy atom. The van der Waals surface area contributed by atoms with E-state index in [2.05, 4.69) is 0 Å². The van der Waals surface area contributed by atoms with Crippen LogP contribution in [0, 0.1) is 10.1 Å². The summed E-state index contributed by atoms with van der Waals surface area (Å²) >= 11 is 1.16.